The Hall–Kier alpha value is -2.60. The minimum absolute atomic E-state index is 0.380. The Morgan fingerprint density at radius 1 is 1.17 bits per heavy atom. The van der Waals surface area contributed by atoms with Crippen LogP contribution in [0.1, 0.15) is 23.6 Å². The van der Waals surface area contributed by atoms with Gasteiger partial charge in [-0.25, -0.2) is 19.9 Å². The lowest BCUT2D eigenvalue weighted by Crippen LogP contribution is -2.13. The van der Waals surface area contributed by atoms with Gasteiger partial charge >= 0.3 is 0 Å². The molecule has 6 heteroatoms. The van der Waals surface area contributed by atoms with Crippen molar-refractivity contribution in [3.05, 3.63) is 54.1 Å². The number of anilines is 1. The van der Waals surface area contributed by atoms with E-state index < -0.39 is 0 Å². The number of benzene rings is 1. The maximum absolute atomic E-state index is 4.78. The largest absolute Gasteiger partial charge is 0.364 e. The molecule has 23 heavy (non-hydrogen) atoms. The highest BCUT2D eigenvalue weighted by Crippen LogP contribution is 2.27. The predicted molar refractivity (Wildman–Crippen MR) is 89.1 cm³/mol. The molecule has 1 aromatic carbocycles. The zero-order valence-electron chi connectivity index (χ0n) is 12.7. The van der Waals surface area contributed by atoms with Crippen molar-refractivity contribution >= 4 is 17.0 Å². The summed E-state index contributed by atoms with van der Waals surface area (Å²) >= 11 is 0. The van der Waals surface area contributed by atoms with Crippen molar-refractivity contribution < 1.29 is 0 Å². The molecule has 1 fully saturated rings. The number of aromatic nitrogens is 4. The molecule has 0 amide bonds. The molecule has 6 nitrogen and oxygen atoms in total. The fraction of sp³-hybridized carbons (Fsp3) is 0.294. The molecule has 0 bridgehead atoms. The van der Waals surface area contributed by atoms with Crippen LogP contribution in [0.3, 0.4) is 0 Å². The van der Waals surface area contributed by atoms with E-state index in [9.17, 15) is 0 Å². The monoisotopic (exact) mass is 306 g/mol. The van der Waals surface area contributed by atoms with Gasteiger partial charge in [0.2, 0.25) is 0 Å². The van der Waals surface area contributed by atoms with Gasteiger partial charge in [0.25, 0.3) is 0 Å². The quantitative estimate of drug-likeness (QED) is 0.769. The van der Waals surface area contributed by atoms with Crippen LogP contribution in [0, 0.1) is 0 Å². The molecule has 0 aliphatic carbocycles. The van der Waals surface area contributed by atoms with Crippen molar-refractivity contribution in [2.24, 2.45) is 0 Å². The zero-order valence-corrected chi connectivity index (χ0v) is 12.7. The lowest BCUT2D eigenvalue weighted by molar-refractivity contribution is 0.734. The van der Waals surface area contributed by atoms with Gasteiger partial charge in [0.15, 0.2) is 11.5 Å². The second-order valence-electron chi connectivity index (χ2n) is 5.72. The van der Waals surface area contributed by atoms with Gasteiger partial charge in [-0.15, -0.1) is 0 Å². The van der Waals surface area contributed by atoms with E-state index in [1.165, 1.54) is 11.9 Å². The van der Waals surface area contributed by atoms with Crippen molar-refractivity contribution in [3.63, 3.8) is 0 Å². The van der Waals surface area contributed by atoms with Crippen molar-refractivity contribution in [1.82, 2.24) is 25.3 Å². The summed E-state index contributed by atoms with van der Waals surface area (Å²) in [7, 11) is 0. The van der Waals surface area contributed by atoms with Crippen LogP contribution in [-0.4, -0.2) is 33.0 Å². The van der Waals surface area contributed by atoms with Crippen molar-refractivity contribution in [2.45, 2.75) is 18.9 Å². The minimum Gasteiger partial charge on any atom is -0.364 e. The molecule has 116 valence electrons. The Labute approximate surface area is 134 Å². The molecule has 0 radical (unpaired) electrons. The first kappa shape index (κ1) is 14.0. The standard InChI is InChI=1S/C17H18N6/c1-2-4-12(5-3-1)8-20-17-15(13-6-7-18-9-13)22-14-10-19-11-21-16(14)23-17/h1-5,10-11,13,18H,6-9H2,(H,19,20,21,23). The van der Waals surface area contributed by atoms with Gasteiger partial charge < -0.3 is 10.6 Å². The summed E-state index contributed by atoms with van der Waals surface area (Å²) in [5.41, 5.74) is 3.60. The van der Waals surface area contributed by atoms with Crippen LogP contribution in [0.15, 0.2) is 42.9 Å². The summed E-state index contributed by atoms with van der Waals surface area (Å²) < 4.78 is 0. The fourth-order valence-electron chi connectivity index (χ4n) is 2.91. The first-order valence-electron chi connectivity index (χ1n) is 7.86. The average Bonchev–Trinajstić information content (AvgIpc) is 3.14. The van der Waals surface area contributed by atoms with Crippen molar-refractivity contribution in [1.29, 1.82) is 0 Å². The van der Waals surface area contributed by atoms with Crippen LogP contribution in [0.4, 0.5) is 5.82 Å². The maximum atomic E-state index is 4.78. The first-order chi connectivity index (χ1) is 11.4. The van der Waals surface area contributed by atoms with Gasteiger partial charge in [-0.3, -0.25) is 0 Å². The lowest BCUT2D eigenvalue weighted by atomic mass is 10.0. The number of nitrogens with zero attached hydrogens (tertiary/aromatic N) is 4. The summed E-state index contributed by atoms with van der Waals surface area (Å²) in [6.45, 7) is 2.68. The topological polar surface area (TPSA) is 75.6 Å². The Morgan fingerprint density at radius 2 is 2.09 bits per heavy atom. The smallest absolute Gasteiger partial charge is 0.183 e. The van der Waals surface area contributed by atoms with Gasteiger partial charge in [0.1, 0.15) is 11.8 Å². The highest BCUT2D eigenvalue weighted by Gasteiger charge is 2.23. The molecule has 1 atom stereocenters. The second kappa shape index (κ2) is 6.26. The number of hydrogen-bond acceptors (Lipinski definition) is 6. The number of fused-ring (bicyclic) bond motifs is 1. The van der Waals surface area contributed by atoms with E-state index in [1.54, 1.807) is 6.20 Å². The van der Waals surface area contributed by atoms with E-state index in [0.717, 1.165) is 43.1 Å². The summed E-state index contributed by atoms with van der Waals surface area (Å²) in [6, 6.07) is 10.3. The third-order valence-electron chi connectivity index (χ3n) is 4.12. The molecule has 0 spiro atoms. The van der Waals surface area contributed by atoms with Crippen LogP contribution < -0.4 is 10.6 Å². The Balaban J connectivity index is 1.68. The Bertz CT molecular complexity index is 799. The molecule has 0 saturated carbocycles. The molecule has 3 aromatic rings. The minimum atomic E-state index is 0.380. The summed E-state index contributed by atoms with van der Waals surface area (Å²) in [5.74, 6) is 1.21. The normalized spacial score (nSPS) is 17.5. The maximum Gasteiger partial charge on any atom is 0.183 e. The molecule has 1 aliphatic rings. The molecule has 1 unspecified atom stereocenters. The third kappa shape index (κ3) is 2.98. The summed E-state index contributed by atoms with van der Waals surface area (Å²) in [4.78, 5) is 17.7. The molecule has 3 heterocycles. The van der Waals surface area contributed by atoms with E-state index in [1.807, 2.05) is 18.2 Å². The molecule has 4 rings (SSSR count). The van der Waals surface area contributed by atoms with E-state index in [-0.39, 0.29) is 0 Å². The predicted octanol–water partition coefficient (Wildman–Crippen LogP) is 2.11. The average molecular weight is 306 g/mol. The van der Waals surface area contributed by atoms with Crippen LogP contribution in [0.25, 0.3) is 11.2 Å². The van der Waals surface area contributed by atoms with E-state index >= 15 is 0 Å². The third-order valence-corrected chi connectivity index (χ3v) is 4.12. The van der Waals surface area contributed by atoms with Gasteiger partial charge in [-0.2, -0.15) is 0 Å². The van der Waals surface area contributed by atoms with Gasteiger partial charge in [0.05, 0.1) is 11.9 Å². The van der Waals surface area contributed by atoms with Gasteiger partial charge in [-0.1, -0.05) is 30.3 Å². The van der Waals surface area contributed by atoms with E-state index in [2.05, 4.69) is 37.7 Å². The molecule has 2 N–H and O–H groups in total. The first-order valence-corrected chi connectivity index (χ1v) is 7.86. The number of rotatable bonds is 4. The zero-order chi connectivity index (χ0) is 15.5. The highest BCUT2D eigenvalue weighted by molar-refractivity contribution is 5.71. The van der Waals surface area contributed by atoms with E-state index in [0.29, 0.717) is 11.6 Å². The van der Waals surface area contributed by atoms with Crippen LogP contribution in [-0.2, 0) is 6.54 Å². The van der Waals surface area contributed by atoms with Crippen LogP contribution in [0.2, 0.25) is 0 Å². The van der Waals surface area contributed by atoms with Gasteiger partial charge in [-0.05, 0) is 18.5 Å². The molecule has 2 aromatic heterocycles. The van der Waals surface area contributed by atoms with Crippen LogP contribution in [0.5, 0.6) is 0 Å². The van der Waals surface area contributed by atoms with E-state index in [4.69, 9.17) is 4.98 Å². The second-order valence-corrected chi connectivity index (χ2v) is 5.72. The lowest BCUT2D eigenvalue weighted by Gasteiger charge is -2.15. The Morgan fingerprint density at radius 3 is 2.91 bits per heavy atom. The molecular formula is C17H18N6. The molecular weight excluding hydrogens is 288 g/mol. The number of hydrogen-bond donors (Lipinski definition) is 2. The SMILES string of the molecule is c1ccc(CNc2nc3ncncc3nc2C2CCNC2)cc1. The Kier molecular flexibility index (Phi) is 3.81. The van der Waals surface area contributed by atoms with Crippen LogP contribution >= 0.6 is 0 Å². The van der Waals surface area contributed by atoms with Crippen molar-refractivity contribution in [2.75, 3.05) is 18.4 Å². The summed E-state index contributed by atoms with van der Waals surface area (Å²) in [5, 5.41) is 6.83. The van der Waals surface area contributed by atoms with Gasteiger partial charge in [0, 0.05) is 19.0 Å². The highest BCUT2D eigenvalue weighted by atomic mass is 15.1. The fourth-order valence-corrected chi connectivity index (χ4v) is 2.91. The molecule has 1 aliphatic heterocycles. The summed E-state index contributed by atoms with van der Waals surface area (Å²) in [6.07, 6.45) is 4.31. The molecule has 1 saturated heterocycles. The number of nitrogens with one attached hydrogen (secondary N) is 2. The van der Waals surface area contributed by atoms with Crippen molar-refractivity contribution in [3.8, 4) is 0 Å².